The number of carboxylic acid groups (broad SMARTS) is 2. The lowest BCUT2D eigenvalue weighted by Gasteiger charge is -2.23. The Hall–Kier alpha value is -7.42. The minimum Gasteiger partial charge on any atom is -0.505 e. The molecule has 0 spiro atoms. The molecule has 0 aromatic heterocycles. The van der Waals surface area contributed by atoms with Crippen LogP contribution in [0.5, 0.6) is 11.5 Å². The van der Waals surface area contributed by atoms with E-state index in [0.29, 0.717) is 10.6 Å². The van der Waals surface area contributed by atoms with Crippen molar-refractivity contribution in [3.05, 3.63) is 93.0 Å². The van der Waals surface area contributed by atoms with Crippen molar-refractivity contribution in [1.29, 1.82) is 0 Å². The third-order valence-corrected chi connectivity index (χ3v) is 10.9. The van der Waals surface area contributed by atoms with Crippen molar-refractivity contribution in [2.45, 2.75) is 48.1 Å². The van der Waals surface area contributed by atoms with Gasteiger partial charge in [0.15, 0.2) is 5.71 Å². The van der Waals surface area contributed by atoms with Crippen LogP contribution in [0.1, 0.15) is 33.5 Å². The number of anilines is 1. The number of amides is 1. The van der Waals surface area contributed by atoms with Gasteiger partial charge in [-0.1, -0.05) is 0 Å². The minimum atomic E-state index is -5.07. The van der Waals surface area contributed by atoms with Gasteiger partial charge in [0.05, 0.1) is 39.9 Å². The average molecular weight is 880 g/mol. The molecule has 0 bridgehead atoms. The van der Waals surface area contributed by atoms with Crippen LogP contribution >= 0.6 is 0 Å². The lowest BCUT2D eigenvalue weighted by molar-refractivity contribution is -0.384. The van der Waals surface area contributed by atoms with Crippen LogP contribution in [-0.4, -0.2) is 88.9 Å². The molecular formula is C35H29N9O15S2. The smallest absolute Gasteiger partial charge is 0.355 e. The fraction of sp³-hybridized carbons (Fsp3) is 0.200. The largest absolute Gasteiger partial charge is 0.505 e. The van der Waals surface area contributed by atoms with Gasteiger partial charge in [-0.05, 0) is 85.3 Å². The average Bonchev–Trinajstić information content (AvgIpc) is 3.54. The zero-order chi connectivity index (χ0) is 44.6. The number of hydrogen-bond donors (Lipinski definition) is 5. The number of nitro groups is 1. The van der Waals surface area contributed by atoms with E-state index in [1.807, 2.05) is 0 Å². The molecule has 2 unspecified atom stereocenters. The number of phenolic OH excluding ortho intramolecular Hbond substituents is 1. The summed E-state index contributed by atoms with van der Waals surface area (Å²) < 4.78 is 72.8. The van der Waals surface area contributed by atoms with Gasteiger partial charge in [0.1, 0.15) is 33.5 Å². The van der Waals surface area contributed by atoms with E-state index in [1.165, 1.54) is 19.2 Å². The molecule has 26 heteroatoms. The first kappa shape index (κ1) is 43.2. The molecule has 5 N–H and O–H groups in total. The maximum atomic E-state index is 13.2. The van der Waals surface area contributed by atoms with Crippen molar-refractivity contribution in [3.8, 4) is 11.5 Å². The number of carbonyl (C=O) groups excluding carboxylic acids is 1. The number of aliphatic carboxylic acids is 1. The summed E-state index contributed by atoms with van der Waals surface area (Å²) in [6, 6.07) is 8.49. The number of nitrogens with zero attached hydrogens (tertiary/aromatic N) is 9. The van der Waals surface area contributed by atoms with Crippen molar-refractivity contribution in [2.24, 2.45) is 35.8 Å². The van der Waals surface area contributed by atoms with Gasteiger partial charge in [0.25, 0.3) is 31.8 Å². The second-order valence-corrected chi connectivity index (χ2v) is 15.9. The minimum absolute atomic E-state index is 0.00110. The number of methoxy groups -OCH3 is 1. The number of fused-ring (bicyclic) bond motifs is 1. The summed E-state index contributed by atoms with van der Waals surface area (Å²) in [6.45, 7) is 1.57. The van der Waals surface area contributed by atoms with Gasteiger partial charge in [-0.25, -0.2) is 9.59 Å². The number of hydrogen-bond acceptors (Lipinski definition) is 18. The Balaban J connectivity index is 1.25. The molecule has 2 aliphatic rings. The van der Waals surface area contributed by atoms with Gasteiger partial charge in [-0.15, -0.1) is 15.3 Å². The molecule has 4 aromatic carbocycles. The number of rotatable bonds is 13. The Labute approximate surface area is 342 Å². The van der Waals surface area contributed by atoms with Crippen LogP contribution in [0.4, 0.5) is 34.1 Å². The molecule has 316 valence electrons. The molecule has 0 saturated carbocycles. The highest BCUT2D eigenvalue weighted by atomic mass is 32.2. The molecule has 1 amide bonds. The predicted molar refractivity (Wildman–Crippen MR) is 207 cm³/mol. The van der Waals surface area contributed by atoms with E-state index in [-0.39, 0.29) is 58.9 Å². The van der Waals surface area contributed by atoms with Crippen molar-refractivity contribution in [2.75, 3.05) is 12.1 Å². The Kier molecular flexibility index (Phi) is 11.8. The van der Waals surface area contributed by atoms with Crippen molar-refractivity contribution in [3.63, 3.8) is 0 Å². The summed E-state index contributed by atoms with van der Waals surface area (Å²) in [6.07, 6.45) is 0.110. The Morgan fingerprint density at radius 3 is 2.16 bits per heavy atom. The molecule has 4 aromatic rings. The number of azo groups is 3. The number of aromatic carboxylic acids is 1. The van der Waals surface area contributed by atoms with E-state index in [0.717, 1.165) is 48.5 Å². The quantitative estimate of drug-likeness (QED) is 0.0458. The zero-order valence-corrected chi connectivity index (χ0v) is 32.8. The number of non-ortho nitro benzene ring substituents is 1. The highest BCUT2D eigenvalue weighted by Crippen LogP contribution is 2.44. The number of ether oxygens (including phenoxy) is 1. The van der Waals surface area contributed by atoms with Crippen molar-refractivity contribution in [1.82, 2.24) is 0 Å². The summed E-state index contributed by atoms with van der Waals surface area (Å²) >= 11 is 0. The Morgan fingerprint density at radius 2 is 1.56 bits per heavy atom. The summed E-state index contributed by atoms with van der Waals surface area (Å²) in [4.78, 5) is 45.9. The Morgan fingerprint density at radius 1 is 0.885 bits per heavy atom. The molecule has 1 aliphatic heterocycles. The molecule has 24 nitrogen and oxygen atoms in total. The van der Waals surface area contributed by atoms with Gasteiger partial charge in [0.2, 0.25) is 6.04 Å². The highest BCUT2D eigenvalue weighted by Gasteiger charge is 2.41. The summed E-state index contributed by atoms with van der Waals surface area (Å²) in [5.74, 6) is -4.64. The number of phenols is 1. The van der Waals surface area contributed by atoms with E-state index in [2.05, 4.69) is 35.8 Å². The lowest BCUT2D eigenvalue weighted by Crippen LogP contribution is -2.33. The second-order valence-electron chi connectivity index (χ2n) is 13.1. The van der Waals surface area contributed by atoms with Crippen LogP contribution in [0.15, 0.2) is 106 Å². The van der Waals surface area contributed by atoms with Gasteiger partial charge < -0.3 is 20.1 Å². The first-order chi connectivity index (χ1) is 28.7. The number of aryl methyl sites for hydroxylation is 1. The van der Waals surface area contributed by atoms with E-state index < -0.39 is 93.3 Å². The number of aromatic hydroxyl groups is 1. The number of carbonyl (C=O) groups is 3. The Bertz CT molecular complexity index is 2880. The molecule has 0 saturated heterocycles. The summed E-state index contributed by atoms with van der Waals surface area (Å²) in [5.41, 5.74) is -1.52. The first-order valence-corrected chi connectivity index (χ1v) is 20.1. The molecule has 61 heavy (non-hydrogen) atoms. The SMILES string of the molecule is COc1cc(N=Nc2ccc([N+](=O)[O-])cc2C(=O)O)c(C)cc1N=Nc1c(S(=O)(=O)O)cc2c(c1O)CCC(N=NC1C(=O)N(c3ccc(S(=O)(=O)O)cc3)N=C1C(=O)O)C2. The number of carboxylic acids is 2. The highest BCUT2D eigenvalue weighted by molar-refractivity contribution is 7.86. The van der Waals surface area contributed by atoms with Crippen molar-refractivity contribution >= 4 is 77.9 Å². The maximum Gasteiger partial charge on any atom is 0.355 e. The number of hydrazone groups is 1. The normalized spacial score (nSPS) is 17.0. The number of nitro benzene ring substituents is 1. The summed E-state index contributed by atoms with van der Waals surface area (Å²) in [7, 11) is -8.37. The molecular weight excluding hydrogens is 851 g/mol. The molecule has 1 aliphatic carbocycles. The van der Waals surface area contributed by atoms with Gasteiger partial charge in [-0.3, -0.25) is 24.0 Å². The van der Waals surface area contributed by atoms with Crippen molar-refractivity contribution < 1.29 is 65.3 Å². The molecule has 0 radical (unpaired) electrons. The lowest BCUT2D eigenvalue weighted by atomic mass is 9.87. The van der Waals surface area contributed by atoms with Crippen LogP contribution in [0.2, 0.25) is 0 Å². The molecule has 6 rings (SSSR count). The predicted octanol–water partition coefficient (Wildman–Crippen LogP) is 5.81. The summed E-state index contributed by atoms with van der Waals surface area (Å²) in [5, 5.41) is 70.2. The molecule has 2 atom stereocenters. The fourth-order valence-electron chi connectivity index (χ4n) is 6.18. The van der Waals surface area contributed by atoms with E-state index in [9.17, 15) is 65.8 Å². The van der Waals surface area contributed by atoms with Crippen LogP contribution in [0.25, 0.3) is 0 Å². The topological polar surface area (TPSA) is 363 Å². The van der Waals surface area contributed by atoms with E-state index in [4.69, 9.17) is 4.74 Å². The molecule has 0 fully saturated rings. The third kappa shape index (κ3) is 9.10. The van der Waals surface area contributed by atoms with E-state index >= 15 is 0 Å². The second kappa shape index (κ2) is 16.7. The van der Waals surface area contributed by atoms with Gasteiger partial charge >= 0.3 is 11.9 Å². The van der Waals surface area contributed by atoms with Crippen LogP contribution < -0.4 is 9.75 Å². The third-order valence-electron chi connectivity index (χ3n) is 9.19. The van der Waals surface area contributed by atoms with Gasteiger partial charge in [0, 0.05) is 18.2 Å². The van der Waals surface area contributed by atoms with Crippen LogP contribution in [0, 0.1) is 17.0 Å². The maximum absolute atomic E-state index is 13.2. The monoisotopic (exact) mass is 879 g/mol. The van der Waals surface area contributed by atoms with E-state index in [1.54, 1.807) is 6.92 Å². The zero-order valence-electron chi connectivity index (χ0n) is 31.2. The fourth-order valence-corrected chi connectivity index (χ4v) is 7.33. The first-order valence-electron chi connectivity index (χ1n) is 17.2. The van der Waals surface area contributed by atoms with Crippen LogP contribution in [-0.2, 0) is 42.7 Å². The molecule has 1 heterocycles. The van der Waals surface area contributed by atoms with Gasteiger partial charge in [-0.2, -0.15) is 42.3 Å². The van der Waals surface area contributed by atoms with Crippen LogP contribution in [0.3, 0.4) is 0 Å². The standard InChI is InChI=1S/C35H29N9O15S2/c1-16-11-26(27(59-2)15-25(16)38-37-24-10-6-20(44(51)52)14-23(24)34(47)48)39-40-29-28(61(56,57)58)13-17-12-18(3-9-22(17)32(29)45)36-41-30-31(35(49)50)42-43(33(30)46)19-4-7-21(8-5-19)60(53,54)55/h4-8,10-11,13-15,18,30,45H,3,9,12H2,1-2H3,(H,47,48)(H,49,50)(H,53,54,55)(H,56,57,58). The number of benzene rings is 4.